The average molecular weight is 260 g/mol. The van der Waals surface area contributed by atoms with Crippen molar-refractivity contribution >= 4 is 39.2 Å². The van der Waals surface area contributed by atoms with Gasteiger partial charge in [-0.15, -0.1) is 11.3 Å². The van der Waals surface area contributed by atoms with Crippen LogP contribution >= 0.6 is 11.3 Å². The fraction of sp³-hybridized carbons (Fsp3) is 0.0909. The van der Waals surface area contributed by atoms with E-state index in [0.717, 1.165) is 15.2 Å². The van der Waals surface area contributed by atoms with E-state index in [0.29, 0.717) is 11.4 Å². The van der Waals surface area contributed by atoms with Gasteiger partial charge in [-0.05, 0) is 18.4 Å². The molecule has 7 heteroatoms. The summed E-state index contributed by atoms with van der Waals surface area (Å²) in [6.07, 6.45) is 2.69. The molecule has 0 fully saturated rings. The predicted octanol–water partition coefficient (Wildman–Crippen LogP) is 1.33. The number of anilines is 1. The minimum Gasteiger partial charge on any atom is -0.271 e. The smallest absolute Gasteiger partial charge is 0.271 e. The standard InChI is InChI=1S/C11H8N4O2S/c1-6-4-8(16)15(11(6)17)14-9-7-2-3-18-10(7)13-5-12-9/h2-5H,1H3,(H,12,13,14). The number of hydrogen-bond acceptors (Lipinski definition) is 6. The number of amides is 2. The third-order valence-electron chi connectivity index (χ3n) is 2.58. The molecule has 0 saturated carbocycles. The Morgan fingerprint density at radius 2 is 2.17 bits per heavy atom. The third kappa shape index (κ3) is 1.56. The fourth-order valence-corrected chi connectivity index (χ4v) is 2.41. The summed E-state index contributed by atoms with van der Waals surface area (Å²) in [4.78, 5) is 32.3. The number of hydrogen-bond donors (Lipinski definition) is 1. The van der Waals surface area contributed by atoms with Crippen molar-refractivity contribution in [2.75, 3.05) is 5.43 Å². The van der Waals surface area contributed by atoms with Gasteiger partial charge >= 0.3 is 0 Å². The molecule has 1 aliphatic rings. The summed E-state index contributed by atoms with van der Waals surface area (Å²) in [5.41, 5.74) is 3.14. The van der Waals surface area contributed by atoms with Crippen LogP contribution in [-0.2, 0) is 9.59 Å². The van der Waals surface area contributed by atoms with Crippen molar-refractivity contribution in [3.63, 3.8) is 0 Å². The summed E-state index contributed by atoms with van der Waals surface area (Å²) < 4.78 is 0. The van der Waals surface area contributed by atoms with Crippen LogP contribution in [0, 0.1) is 0 Å². The van der Waals surface area contributed by atoms with E-state index in [1.807, 2.05) is 11.4 Å². The molecule has 2 amide bonds. The molecule has 3 rings (SSSR count). The summed E-state index contributed by atoms with van der Waals surface area (Å²) >= 11 is 1.47. The van der Waals surface area contributed by atoms with Crippen LogP contribution < -0.4 is 5.43 Å². The van der Waals surface area contributed by atoms with Gasteiger partial charge in [0, 0.05) is 11.6 Å². The largest absolute Gasteiger partial charge is 0.275 e. The van der Waals surface area contributed by atoms with Crippen LogP contribution in [0.15, 0.2) is 29.4 Å². The lowest BCUT2D eigenvalue weighted by Crippen LogP contribution is -2.36. The first-order valence-electron chi connectivity index (χ1n) is 5.18. The van der Waals surface area contributed by atoms with Crippen LogP contribution in [0.5, 0.6) is 0 Å². The van der Waals surface area contributed by atoms with Crippen LogP contribution in [0.2, 0.25) is 0 Å². The molecule has 0 saturated heterocycles. The van der Waals surface area contributed by atoms with Crippen molar-refractivity contribution in [1.29, 1.82) is 0 Å². The lowest BCUT2D eigenvalue weighted by Gasteiger charge is -2.16. The van der Waals surface area contributed by atoms with Crippen LogP contribution in [0.3, 0.4) is 0 Å². The lowest BCUT2D eigenvalue weighted by molar-refractivity contribution is -0.135. The molecule has 0 aliphatic carbocycles. The second-order valence-electron chi connectivity index (χ2n) is 3.78. The highest BCUT2D eigenvalue weighted by atomic mass is 32.1. The Balaban J connectivity index is 1.96. The number of hydrazine groups is 1. The minimum absolute atomic E-state index is 0.359. The Labute approximate surface area is 106 Å². The summed E-state index contributed by atoms with van der Waals surface area (Å²) in [5.74, 6) is -0.299. The number of nitrogens with zero attached hydrogens (tertiary/aromatic N) is 3. The summed E-state index contributed by atoms with van der Waals surface area (Å²) in [5, 5.41) is 3.61. The highest BCUT2D eigenvalue weighted by molar-refractivity contribution is 7.16. The quantitative estimate of drug-likeness (QED) is 0.824. The van der Waals surface area contributed by atoms with Crippen LogP contribution in [0.4, 0.5) is 5.82 Å². The molecule has 6 nitrogen and oxygen atoms in total. The minimum atomic E-state index is -0.389. The zero-order valence-electron chi connectivity index (χ0n) is 9.38. The van der Waals surface area contributed by atoms with E-state index in [-0.39, 0.29) is 11.8 Å². The Hall–Kier alpha value is -2.28. The zero-order valence-corrected chi connectivity index (χ0v) is 10.2. The molecular weight excluding hydrogens is 252 g/mol. The number of nitrogens with one attached hydrogen (secondary N) is 1. The lowest BCUT2D eigenvalue weighted by atomic mass is 10.3. The second-order valence-corrected chi connectivity index (χ2v) is 4.67. The van der Waals surface area contributed by atoms with E-state index >= 15 is 0 Å². The van der Waals surface area contributed by atoms with Gasteiger partial charge in [-0.1, -0.05) is 0 Å². The Bertz CT molecular complexity index is 691. The number of aromatic nitrogens is 2. The first-order chi connectivity index (χ1) is 8.66. The number of fused-ring (bicyclic) bond motifs is 1. The van der Waals surface area contributed by atoms with E-state index in [1.165, 1.54) is 23.7 Å². The molecule has 0 unspecified atom stereocenters. The number of carbonyl (C=O) groups is 2. The number of thiophene rings is 1. The monoisotopic (exact) mass is 260 g/mol. The SMILES string of the molecule is CC1=CC(=O)N(Nc2ncnc3sccc23)C1=O. The highest BCUT2D eigenvalue weighted by Crippen LogP contribution is 2.25. The molecule has 90 valence electrons. The zero-order chi connectivity index (χ0) is 12.7. The van der Waals surface area contributed by atoms with E-state index in [2.05, 4.69) is 15.4 Å². The predicted molar refractivity (Wildman–Crippen MR) is 66.6 cm³/mol. The summed E-state index contributed by atoms with van der Waals surface area (Å²) in [6.45, 7) is 1.60. The van der Waals surface area contributed by atoms with Crippen molar-refractivity contribution in [2.45, 2.75) is 6.92 Å². The molecule has 3 heterocycles. The first-order valence-corrected chi connectivity index (χ1v) is 6.06. The summed E-state index contributed by atoms with van der Waals surface area (Å²) in [7, 11) is 0. The first kappa shape index (κ1) is 10.8. The van der Waals surface area contributed by atoms with Crippen LogP contribution in [-0.4, -0.2) is 26.8 Å². The second kappa shape index (κ2) is 3.88. The van der Waals surface area contributed by atoms with Gasteiger partial charge in [0.25, 0.3) is 11.8 Å². The number of imide groups is 1. The van der Waals surface area contributed by atoms with Gasteiger partial charge in [0.2, 0.25) is 0 Å². The topological polar surface area (TPSA) is 75.2 Å². The van der Waals surface area contributed by atoms with Crippen molar-refractivity contribution in [2.24, 2.45) is 0 Å². The van der Waals surface area contributed by atoms with Gasteiger partial charge in [0.05, 0.1) is 5.39 Å². The van der Waals surface area contributed by atoms with E-state index in [1.54, 1.807) is 6.92 Å². The van der Waals surface area contributed by atoms with Gasteiger partial charge in [0.1, 0.15) is 11.2 Å². The fourth-order valence-electron chi connectivity index (χ4n) is 1.68. The van der Waals surface area contributed by atoms with E-state index in [4.69, 9.17) is 0 Å². The van der Waals surface area contributed by atoms with Crippen molar-refractivity contribution in [3.05, 3.63) is 29.4 Å². The van der Waals surface area contributed by atoms with Gasteiger partial charge in [-0.25, -0.2) is 9.97 Å². The van der Waals surface area contributed by atoms with E-state index < -0.39 is 0 Å². The van der Waals surface area contributed by atoms with Crippen molar-refractivity contribution < 1.29 is 9.59 Å². The third-order valence-corrected chi connectivity index (χ3v) is 3.40. The van der Waals surface area contributed by atoms with Gasteiger partial charge in [0.15, 0.2) is 5.82 Å². The number of carbonyl (C=O) groups excluding carboxylic acids is 2. The molecule has 0 atom stereocenters. The molecule has 1 aliphatic heterocycles. The maximum atomic E-state index is 11.7. The maximum Gasteiger partial charge on any atom is 0.275 e. The molecule has 0 spiro atoms. The van der Waals surface area contributed by atoms with Crippen molar-refractivity contribution in [1.82, 2.24) is 15.0 Å². The molecule has 0 bridgehead atoms. The van der Waals surface area contributed by atoms with Crippen LogP contribution in [0.25, 0.3) is 10.2 Å². The van der Waals surface area contributed by atoms with Gasteiger partial charge in [-0.2, -0.15) is 5.01 Å². The van der Waals surface area contributed by atoms with Crippen molar-refractivity contribution in [3.8, 4) is 0 Å². The molecular formula is C11H8N4O2S. The molecule has 2 aromatic rings. The van der Waals surface area contributed by atoms with Gasteiger partial charge < -0.3 is 0 Å². The molecule has 0 aromatic carbocycles. The molecule has 1 N–H and O–H groups in total. The average Bonchev–Trinajstić information content (AvgIpc) is 2.91. The summed E-state index contributed by atoms with van der Waals surface area (Å²) in [6, 6.07) is 1.84. The Morgan fingerprint density at radius 3 is 2.89 bits per heavy atom. The molecule has 2 aromatic heterocycles. The van der Waals surface area contributed by atoms with Gasteiger partial charge in [-0.3, -0.25) is 15.0 Å². The molecule has 18 heavy (non-hydrogen) atoms. The highest BCUT2D eigenvalue weighted by Gasteiger charge is 2.29. The Kier molecular flexibility index (Phi) is 2.34. The number of rotatable bonds is 2. The Morgan fingerprint density at radius 1 is 1.33 bits per heavy atom. The van der Waals surface area contributed by atoms with Crippen LogP contribution in [0.1, 0.15) is 6.92 Å². The molecule has 0 radical (unpaired) electrons. The maximum absolute atomic E-state index is 11.7. The van der Waals surface area contributed by atoms with E-state index in [9.17, 15) is 9.59 Å². The normalized spacial score (nSPS) is 15.4.